The topological polar surface area (TPSA) is 68.4 Å². The summed E-state index contributed by atoms with van der Waals surface area (Å²) in [6, 6.07) is 7.45. The van der Waals surface area contributed by atoms with Gasteiger partial charge in [-0.05, 0) is 48.4 Å². The van der Waals surface area contributed by atoms with Crippen LogP contribution in [-0.2, 0) is 12.6 Å². The van der Waals surface area contributed by atoms with Crippen LogP contribution in [0.5, 0.6) is 0 Å². The maximum absolute atomic E-state index is 14.6. The van der Waals surface area contributed by atoms with E-state index in [1.807, 2.05) is 6.92 Å². The maximum Gasteiger partial charge on any atom is 0.419 e. The molecule has 0 saturated heterocycles. The van der Waals surface area contributed by atoms with Gasteiger partial charge in [0.2, 0.25) is 5.56 Å². The SMILES string of the molecule is CC[C@H]1NCCc2[nH]c(=O)ccc2N2CN(c3cc(C(F)(F)F)c(F)cc3C2=O)c2ccc(F)cc21. The Morgan fingerprint density at radius 2 is 1.72 bits per heavy atom. The highest BCUT2D eigenvalue weighted by atomic mass is 19.4. The second-order valence-electron chi connectivity index (χ2n) is 8.70. The molecule has 0 unspecified atom stereocenters. The van der Waals surface area contributed by atoms with E-state index in [0.29, 0.717) is 54.2 Å². The highest BCUT2D eigenvalue weighted by molar-refractivity contribution is 6.13. The Balaban J connectivity index is 1.82. The predicted molar refractivity (Wildman–Crippen MR) is 123 cm³/mol. The van der Waals surface area contributed by atoms with Crippen LogP contribution in [0.15, 0.2) is 47.3 Å². The number of carbonyl (C=O) groups excluding carboxylic acids is 1. The first-order chi connectivity index (χ1) is 17.1. The fraction of sp³-hybridized carbons (Fsp3) is 0.280. The fourth-order valence-electron chi connectivity index (χ4n) is 4.84. The third-order valence-corrected chi connectivity index (χ3v) is 6.54. The number of hydrogen-bond acceptors (Lipinski definition) is 4. The maximum atomic E-state index is 14.6. The Hall–Kier alpha value is -3.73. The van der Waals surface area contributed by atoms with Crippen molar-refractivity contribution in [2.75, 3.05) is 23.0 Å². The number of pyridine rings is 1. The van der Waals surface area contributed by atoms with Crippen molar-refractivity contribution in [3.05, 3.63) is 86.8 Å². The number of hydrogen-bond donors (Lipinski definition) is 2. The van der Waals surface area contributed by atoms with Crippen molar-refractivity contribution in [3.8, 4) is 0 Å². The van der Waals surface area contributed by atoms with Gasteiger partial charge in [0.15, 0.2) is 0 Å². The van der Waals surface area contributed by atoms with Gasteiger partial charge in [-0.25, -0.2) is 8.78 Å². The van der Waals surface area contributed by atoms with Crippen molar-refractivity contribution in [1.82, 2.24) is 10.3 Å². The monoisotopic (exact) mass is 504 g/mol. The molecule has 1 amide bonds. The van der Waals surface area contributed by atoms with Gasteiger partial charge in [0, 0.05) is 36.5 Å². The number of nitrogens with zero attached hydrogens (tertiary/aromatic N) is 2. The van der Waals surface area contributed by atoms with Crippen LogP contribution in [0.3, 0.4) is 0 Å². The van der Waals surface area contributed by atoms with Crippen LogP contribution in [0, 0.1) is 11.6 Å². The lowest BCUT2D eigenvalue weighted by molar-refractivity contribution is -0.139. The first-order valence-electron chi connectivity index (χ1n) is 11.3. The minimum atomic E-state index is -4.99. The van der Waals surface area contributed by atoms with Crippen molar-refractivity contribution in [1.29, 1.82) is 0 Å². The number of carbonyl (C=O) groups is 1. The van der Waals surface area contributed by atoms with Gasteiger partial charge in [-0.2, -0.15) is 13.2 Å². The summed E-state index contributed by atoms with van der Waals surface area (Å²) in [5.74, 6) is -2.82. The number of amides is 1. The molecule has 0 radical (unpaired) electrons. The number of H-pyrrole nitrogens is 1. The van der Waals surface area contributed by atoms with E-state index < -0.39 is 29.3 Å². The molecule has 0 aliphatic carbocycles. The Labute approximate surface area is 202 Å². The third-order valence-electron chi connectivity index (χ3n) is 6.54. The first-order valence-corrected chi connectivity index (χ1v) is 11.3. The van der Waals surface area contributed by atoms with Gasteiger partial charge in [0.25, 0.3) is 5.91 Å². The third kappa shape index (κ3) is 4.02. The molecule has 2 bridgehead atoms. The van der Waals surface area contributed by atoms with Gasteiger partial charge in [0.05, 0.1) is 22.5 Å². The average molecular weight is 504 g/mol. The summed E-state index contributed by atoms with van der Waals surface area (Å²) < 4.78 is 69.8. The first kappa shape index (κ1) is 24.0. The summed E-state index contributed by atoms with van der Waals surface area (Å²) in [4.78, 5) is 31.0. The predicted octanol–water partition coefficient (Wildman–Crippen LogP) is 5.02. The fourth-order valence-corrected chi connectivity index (χ4v) is 4.84. The standard InChI is InChI=1S/C25H21F5N4O2/c1-2-18-14-9-13(26)3-4-20(14)33-12-34(21-5-6-23(35)32-19(21)7-8-31-18)24(36)15-10-17(27)16(11-22(15)33)25(28,29)30/h3-6,9-11,18,31H,2,7-8,12H2,1H3,(H,32,35)/t18-/m1/s1. The molecule has 2 aromatic carbocycles. The lowest BCUT2D eigenvalue weighted by atomic mass is 9.98. The molecule has 2 aliphatic rings. The molecule has 6 nitrogen and oxygen atoms in total. The number of fused-ring (bicyclic) bond motifs is 8. The molecule has 0 spiro atoms. The largest absolute Gasteiger partial charge is 0.419 e. The molecule has 2 aliphatic heterocycles. The van der Waals surface area contributed by atoms with Gasteiger partial charge >= 0.3 is 6.18 Å². The van der Waals surface area contributed by atoms with Gasteiger partial charge in [-0.1, -0.05) is 6.92 Å². The van der Waals surface area contributed by atoms with Crippen LogP contribution < -0.4 is 20.7 Å². The molecule has 2 N–H and O–H groups in total. The van der Waals surface area contributed by atoms with Gasteiger partial charge in [0.1, 0.15) is 18.3 Å². The summed E-state index contributed by atoms with van der Waals surface area (Å²) >= 11 is 0. The second kappa shape index (κ2) is 8.74. The van der Waals surface area contributed by atoms with Gasteiger partial charge < -0.3 is 15.2 Å². The zero-order valence-corrected chi connectivity index (χ0v) is 19.0. The van der Waals surface area contributed by atoms with E-state index in [-0.39, 0.29) is 29.5 Å². The number of rotatable bonds is 1. The molecule has 0 fully saturated rings. The van der Waals surface area contributed by atoms with Crippen molar-refractivity contribution in [2.45, 2.75) is 32.0 Å². The van der Waals surface area contributed by atoms with Crippen molar-refractivity contribution < 1.29 is 26.7 Å². The normalized spacial score (nSPS) is 17.7. The molecule has 36 heavy (non-hydrogen) atoms. The smallest absolute Gasteiger partial charge is 0.324 e. The lowest BCUT2D eigenvalue weighted by Crippen LogP contribution is -2.46. The minimum absolute atomic E-state index is 0.141. The molecule has 11 heteroatoms. The van der Waals surface area contributed by atoms with Gasteiger partial charge in [-0.15, -0.1) is 0 Å². The quantitative estimate of drug-likeness (QED) is 0.457. The molecule has 5 rings (SSSR count). The van der Waals surface area contributed by atoms with Crippen molar-refractivity contribution in [2.24, 2.45) is 0 Å². The van der Waals surface area contributed by atoms with Crippen LogP contribution in [0.4, 0.5) is 39.0 Å². The summed E-state index contributed by atoms with van der Waals surface area (Å²) in [7, 11) is 0. The van der Waals surface area contributed by atoms with Crippen molar-refractivity contribution in [3.63, 3.8) is 0 Å². The number of anilines is 3. The Kier molecular flexibility index (Phi) is 5.82. The van der Waals surface area contributed by atoms with Gasteiger partial charge in [-0.3, -0.25) is 14.5 Å². The summed E-state index contributed by atoms with van der Waals surface area (Å²) in [5.41, 5.74) is -0.671. The van der Waals surface area contributed by atoms with E-state index in [2.05, 4.69) is 10.3 Å². The molecule has 3 aromatic rings. The zero-order valence-electron chi connectivity index (χ0n) is 19.0. The van der Waals surface area contributed by atoms with E-state index in [9.17, 15) is 31.5 Å². The molecular formula is C25H21F5N4O2. The minimum Gasteiger partial charge on any atom is -0.324 e. The summed E-state index contributed by atoms with van der Waals surface area (Å²) in [5, 5.41) is 3.31. The molecule has 188 valence electrons. The van der Waals surface area contributed by atoms with Crippen LogP contribution in [0.2, 0.25) is 0 Å². The lowest BCUT2D eigenvalue weighted by Gasteiger charge is -2.40. The molecule has 0 saturated carbocycles. The zero-order chi connectivity index (χ0) is 25.8. The summed E-state index contributed by atoms with van der Waals surface area (Å²) in [6.45, 7) is 2.01. The summed E-state index contributed by atoms with van der Waals surface area (Å²) in [6.07, 6.45) is -4.15. The molecule has 1 atom stereocenters. The molecule has 1 aromatic heterocycles. The highest BCUT2D eigenvalue weighted by Crippen LogP contribution is 2.43. The van der Waals surface area contributed by atoms with E-state index in [1.54, 1.807) is 0 Å². The van der Waals surface area contributed by atoms with E-state index >= 15 is 0 Å². The van der Waals surface area contributed by atoms with Crippen molar-refractivity contribution >= 4 is 23.0 Å². The number of alkyl halides is 3. The number of benzene rings is 2. The van der Waals surface area contributed by atoms with Crippen LogP contribution in [0.25, 0.3) is 0 Å². The number of halogens is 5. The van der Waals surface area contributed by atoms with Crippen LogP contribution in [-0.4, -0.2) is 24.1 Å². The number of nitrogens with one attached hydrogen (secondary N) is 2. The number of aromatic nitrogens is 1. The van der Waals surface area contributed by atoms with Crippen LogP contribution in [0.1, 0.15) is 46.6 Å². The Bertz CT molecular complexity index is 1420. The highest BCUT2D eigenvalue weighted by Gasteiger charge is 2.40. The van der Waals surface area contributed by atoms with E-state index in [1.165, 1.54) is 40.1 Å². The number of aromatic amines is 1. The van der Waals surface area contributed by atoms with E-state index in [0.717, 1.165) is 0 Å². The Morgan fingerprint density at radius 1 is 0.972 bits per heavy atom. The molecular weight excluding hydrogens is 483 g/mol. The van der Waals surface area contributed by atoms with E-state index in [4.69, 9.17) is 0 Å². The van der Waals surface area contributed by atoms with Crippen LogP contribution >= 0.6 is 0 Å². The Morgan fingerprint density at radius 3 is 2.44 bits per heavy atom. The second-order valence-corrected chi connectivity index (χ2v) is 8.70. The average Bonchev–Trinajstić information content (AvgIpc) is 2.84. The molecule has 3 heterocycles.